The Balaban J connectivity index is 1.99. The van der Waals surface area contributed by atoms with E-state index in [1.165, 1.54) is 6.20 Å². The van der Waals surface area contributed by atoms with Gasteiger partial charge in [-0.25, -0.2) is 9.97 Å². The summed E-state index contributed by atoms with van der Waals surface area (Å²) < 4.78 is 1.72. The molecule has 104 valence electrons. The van der Waals surface area contributed by atoms with Gasteiger partial charge in [-0.2, -0.15) is 0 Å². The van der Waals surface area contributed by atoms with Crippen molar-refractivity contribution in [1.82, 2.24) is 25.4 Å². The first-order valence-corrected chi connectivity index (χ1v) is 6.12. The first-order chi connectivity index (χ1) is 9.58. The smallest absolute Gasteiger partial charge is 0.271 e. The molecule has 2 heterocycles. The highest BCUT2D eigenvalue weighted by atomic mass is 16.2. The highest BCUT2D eigenvalue weighted by Gasteiger charge is 2.10. The molecule has 7 heteroatoms. The number of aromatic nitrogens is 3. The molecule has 0 fully saturated rings. The lowest BCUT2D eigenvalue weighted by atomic mass is 10.2. The maximum Gasteiger partial charge on any atom is 0.271 e. The Morgan fingerprint density at radius 3 is 2.60 bits per heavy atom. The first kappa shape index (κ1) is 13.7. The largest absolute Gasteiger partial charge is 0.291 e. The Bertz CT molecular complexity index is 590. The molecule has 2 aromatic rings. The molecule has 2 rings (SSSR count). The van der Waals surface area contributed by atoms with E-state index >= 15 is 0 Å². The Morgan fingerprint density at radius 1 is 1.25 bits per heavy atom. The van der Waals surface area contributed by atoms with E-state index in [1.54, 1.807) is 49.3 Å². The van der Waals surface area contributed by atoms with Crippen LogP contribution in [0.1, 0.15) is 24.2 Å². The number of hydrogen-bond donors (Lipinski definition) is 2. The summed E-state index contributed by atoms with van der Waals surface area (Å²) in [6, 6.07) is 3.32. The van der Waals surface area contributed by atoms with Crippen molar-refractivity contribution in [2.24, 2.45) is 5.92 Å². The number of amides is 2. The Morgan fingerprint density at radius 2 is 2.05 bits per heavy atom. The van der Waals surface area contributed by atoms with Crippen LogP contribution >= 0.6 is 0 Å². The molecule has 2 aromatic heterocycles. The third kappa shape index (κ3) is 3.19. The molecule has 20 heavy (non-hydrogen) atoms. The van der Waals surface area contributed by atoms with Gasteiger partial charge in [0.2, 0.25) is 5.91 Å². The third-order valence-corrected chi connectivity index (χ3v) is 2.60. The van der Waals surface area contributed by atoms with Gasteiger partial charge in [-0.15, -0.1) is 0 Å². The van der Waals surface area contributed by atoms with Gasteiger partial charge in [-0.05, 0) is 12.1 Å². The van der Waals surface area contributed by atoms with E-state index in [0.29, 0.717) is 11.4 Å². The predicted molar refractivity (Wildman–Crippen MR) is 71.8 cm³/mol. The fourth-order valence-electron chi connectivity index (χ4n) is 1.40. The normalized spacial score (nSPS) is 10.3. The number of carbonyl (C=O) groups excluding carboxylic acids is 2. The molecule has 0 aliphatic heterocycles. The van der Waals surface area contributed by atoms with Gasteiger partial charge >= 0.3 is 0 Å². The molecule has 0 unspecified atom stereocenters. The molecule has 2 N–H and O–H groups in total. The van der Waals surface area contributed by atoms with E-state index in [4.69, 9.17) is 0 Å². The van der Waals surface area contributed by atoms with Gasteiger partial charge in [0.05, 0.1) is 5.56 Å². The van der Waals surface area contributed by atoms with Crippen LogP contribution in [0.15, 0.2) is 37.1 Å². The molecule has 0 radical (unpaired) electrons. The van der Waals surface area contributed by atoms with Crippen molar-refractivity contribution in [3.63, 3.8) is 0 Å². The van der Waals surface area contributed by atoms with Crippen molar-refractivity contribution in [3.8, 4) is 5.82 Å². The maximum absolute atomic E-state index is 11.8. The number of imidazole rings is 1. The molecule has 0 aromatic carbocycles. The highest BCUT2D eigenvalue weighted by Crippen LogP contribution is 2.05. The first-order valence-electron chi connectivity index (χ1n) is 6.12. The van der Waals surface area contributed by atoms with Crippen LogP contribution in [-0.2, 0) is 4.79 Å². The van der Waals surface area contributed by atoms with E-state index < -0.39 is 5.91 Å². The predicted octanol–water partition coefficient (Wildman–Crippen LogP) is 0.684. The number of hydrazine groups is 1. The van der Waals surface area contributed by atoms with Crippen LogP contribution in [-0.4, -0.2) is 26.3 Å². The fraction of sp³-hybridized carbons (Fsp3) is 0.231. The Labute approximate surface area is 116 Å². The molecule has 0 atom stereocenters. The SMILES string of the molecule is CC(C)C(=O)NNC(=O)c1ccc(-n2ccnc2)nc1. The second kappa shape index (κ2) is 5.96. The minimum absolute atomic E-state index is 0.197. The van der Waals surface area contributed by atoms with E-state index in [1.807, 2.05) is 0 Å². The van der Waals surface area contributed by atoms with Crippen LogP contribution < -0.4 is 10.9 Å². The van der Waals surface area contributed by atoms with Crippen LogP contribution in [0.25, 0.3) is 5.82 Å². The summed E-state index contributed by atoms with van der Waals surface area (Å²) in [5, 5.41) is 0. The Hall–Kier alpha value is -2.70. The van der Waals surface area contributed by atoms with Crippen molar-refractivity contribution >= 4 is 11.8 Å². The number of carbonyl (C=O) groups is 2. The summed E-state index contributed by atoms with van der Waals surface area (Å²) in [6.07, 6.45) is 6.45. The third-order valence-electron chi connectivity index (χ3n) is 2.60. The average Bonchev–Trinajstić information content (AvgIpc) is 2.98. The number of nitrogens with zero attached hydrogens (tertiary/aromatic N) is 3. The van der Waals surface area contributed by atoms with Crippen molar-refractivity contribution < 1.29 is 9.59 Å². The lowest BCUT2D eigenvalue weighted by Crippen LogP contribution is -2.43. The van der Waals surface area contributed by atoms with Gasteiger partial charge in [0.25, 0.3) is 5.91 Å². The van der Waals surface area contributed by atoms with Crippen molar-refractivity contribution in [2.45, 2.75) is 13.8 Å². The van der Waals surface area contributed by atoms with E-state index in [0.717, 1.165) is 0 Å². The zero-order valence-electron chi connectivity index (χ0n) is 11.2. The molecule has 0 saturated heterocycles. The van der Waals surface area contributed by atoms with Crippen LogP contribution in [0.3, 0.4) is 0 Å². The lowest BCUT2D eigenvalue weighted by Gasteiger charge is -2.09. The van der Waals surface area contributed by atoms with Crippen molar-refractivity contribution in [1.29, 1.82) is 0 Å². The monoisotopic (exact) mass is 273 g/mol. The number of hydrogen-bond acceptors (Lipinski definition) is 4. The quantitative estimate of drug-likeness (QED) is 0.805. The summed E-state index contributed by atoms with van der Waals surface area (Å²) in [6.45, 7) is 3.48. The highest BCUT2D eigenvalue weighted by molar-refractivity contribution is 5.95. The van der Waals surface area contributed by atoms with Crippen LogP contribution in [0.4, 0.5) is 0 Å². The molecule has 0 aliphatic carbocycles. The van der Waals surface area contributed by atoms with E-state index in [2.05, 4.69) is 20.8 Å². The number of nitrogens with one attached hydrogen (secondary N) is 2. The van der Waals surface area contributed by atoms with E-state index in [9.17, 15) is 9.59 Å². The van der Waals surface area contributed by atoms with Gasteiger partial charge in [0, 0.05) is 24.5 Å². The van der Waals surface area contributed by atoms with Crippen LogP contribution in [0, 0.1) is 5.92 Å². The zero-order chi connectivity index (χ0) is 14.5. The molecular weight excluding hydrogens is 258 g/mol. The summed E-state index contributed by atoms with van der Waals surface area (Å²) >= 11 is 0. The molecule has 7 nitrogen and oxygen atoms in total. The second-order valence-electron chi connectivity index (χ2n) is 4.47. The van der Waals surface area contributed by atoms with Crippen LogP contribution in [0.5, 0.6) is 0 Å². The van der Waals surface area contributed by atoms with Gasteiger partial charge in [0.15, 0.2) is 0 Å². The summed E-state index contributed by atoms with van der Waals surface area (Å²) in [4.78, 5) is 31.2. The lowest BCUT2D eigenvalue weighted by molar-refractivity contribution is -0.124. The standard InChI is InChI=1S/C13H15N5O2/c1-9(2)12(19)16-17-13(20)10-3-4-11(15-7-10)18-6-5-14-8-18/h3-9H,1-2H3,(H,16,19)(H,17,20). The van der Waals surface area contributed by atoms with Gasteiger partial charge < -0.3 is 0 Å². The van der Waals surface area contributed by atoms with Gasteiger partial charge in [-0.3, -0.25) is 25.0 Å². The molecule has 0 spiro atoms. The van der Waals surface area contributed by atoms with Gasteiger partial charge in [-0.1, -0.05) is 13.8 Å². The fourth-order valence-corrected chi connectivity index (χ4v) is 1.40. The second-order valence-corrected chi connectivity index (χ2v) is 4.47. The molecule has 0 aliphatic rings. The topological polar surface area (TPSA) is 88.9 Å². The van der Waals surface area contributed by atoms with Crippen LogP contribution in [0.2, 0.25) is 0 Å². The minimum Gasteiger partial charge on any atom is -0.291 e. The van der Waals surface area contributed by atoms with Crippen molar-refractivity contribution in [2.75, 3.05) is 0 Å². The Kier molecular flexibility index (Phi) is 4.09. The summed E-state index contributed by atoms with van der Waals surface area (Å²) in [5.41, 5.74) is 5.04. The molecular formula is C13H15N5O2. The van der Waals surface area contributed by atoms with Gasteiger partial charge in [0.1, 0.15) is 12.1 Å². The molecule has 0 saturated carbocycles. The zero-order valence-corrected chi connectivity index (χ0v) is 11.2. The number of pyridine rings is 1. The molecule has 2 amide bonds. The average molecular weight is 273 g/mol. The van der Waals surface area contributed by atoms with Crippen molar-refractivity contribution in [3.05, 3.63) is 42.6 Å². The van der Waals surface area contributed by atoms with E-state index in [-0.39, 0.29) is 11.8 Å². The number of rotatable bonds is 3. The minimum atomic E-state index is -0.413. The summed E-state index contributed by atoms with van der Waals surface area (Å²) in [5.74, 6) is -0.202. The summed E-state index contributed by atoms with van der Waals surface area (Å²) in [7, 11) is 0. The molecule has 0 bridgehead atoms. The maximum atomic E-state index is 11.8.